The van der Waals surface area contributed by atoms with Crippen LogP contribution >= 0.6 is 0 Å². The van der Waals surface area contributed by atoms with Crippen molar-refractivity contribution in [3.63, 3.8) is 0 Å². The van der Waals surface area contributed by atoms with E-state index in [0.29, 0.717) is 19.3 Å². The van der Waals surface area contributed by atoms with Gasteiger partial charge in [0.25, 0.3) is 0 Å². The van der Waals surface area contributed by atoms with Crippen LogP contribution in [0.5, 0.6) is 0 Å². The van der Waals surface area contributed by atoms with E-state index in [1.54, 1.807) is 0 Å². The van der Waals surface area contributed by atoms with Crippen molar-refractivity contribution in [2.45, 2.75) is 135 Å². The Morgan fingerprint density at radius 1 is 0.696 bits per heavy atom. The second-order valence-electron chi connectivity index (χ2n) is 12.8. The van der Waals surface area contributed by atoms with Gasteiger partial charge in [-0.2, -0.15) is 0 Å². The van der Waals surface area contributed by atoms with Gasteiger partial charge in [-0.05, 0) is 51.4 Å². The predicted octanol–water partition coefficient (Wildman–Crippen LogP) is 8.51. The number of hydrogen-bond donors (Lipinski definition) is 1. The van der Waals surface area contributed by atoms with Gasteiger partial charge in [-0.15, -0.1) is 0 Å². The van der Waals surface area contributed by atoms with Crippen molar-refractivity contribution in [1.82, 2.24) is 0 Å². The van der Waals surface area contributed by atoms with Crippen molar-refractivity contribution in [3.05, 3.63) is 48.6 Å². The molecule has 0 aliphatic heterocycles. The van der Waals surface area contributed by atoms with Crippen LogP contribution < -0.4 is 0 Å². The molecule has 0 saturated heterocycles. The molecular formula is C38H66NO7+. The van der Waals surface area contributed by atoms with E-state index in [1.807, 2.05) is 33.3 Å². The maximum Gasteiger partial charge on any atom is 0.362 e. The lowest BCUT2D eigenvalue weighted by molar-refractivity contribution is -0.887. The molecule has 0 fully saturated rings. The van der Waals surface area contributed by atoms with E-state index in [9.17, 15) is 19.5 Å². The van der Waals surface area contributed by atoms with Crippen LogP contribution in [0.25, 0.3) is 0 Å². The number of ether oxygens (including phenoxy) is 3. The Hall–Kier alpha value is -2.71. The first-order chi connectivity index (χ1) is 22.1. The third-order valence-corrected chi connectivity index (χ3v) is 7.50. The summed E-state index contributed by atoms with van der Waals surface area (Å²) in [5.41, 5.74) is 0. The molecule has 0 amide bonds. The van der Waals surface area contributed by atoms with Crippen LogP contribution in [0.1, 0.15) is 123 Å². The minimum Gasteiger partial charge on any atom is -0.477 e. The minimum absolute atomic E-state index is 0.0323. The summed E-state index contributed by atoms with van der Waals surface area (Å²) >= 11 is 0. The van der Waals surface area contributed by atoms with E-state index in [0.717, 1.165) is 51.4 Å². The summed E-state index contributed by atoms with van der Waals surface area (Å²) in [7, 11) is 5.48. The summed E-state index contributed by atoms with van der Waals surface area (Å²) in [5.74, 6) is -1.59. The second kappa shape index (κ2) is 29.7. The van der Waals surface area contributed by atoms with Gasteiger partial charge in [0, 0.05) is 19.3 Å². The van der Waals surface area contributed by atoms with Crippen LogP contribution in [0.4, 0.5) is 0 Å². The number of likely N-dealkylation sites (N-methyl/N-ethyl adjacent to an activating group) is 1. The first-order valence-corrected chi connectivity index (χ1v) is 17.7. The van der Waals surface area contributed by atoms with Crippen molar-refractivity contribution in [2.75, 3.05) is 41.0 Å². The summed E-state index contributed by atoms with van der Waals surface area (Å²) in [6.45, 7) is 4.45. The molecule has 0 rings (SSSR count). The van der Waals surface area contributed by atoms with E-state index in [1.165, 1.54) is 32.1 Å². The fourth-order valence-corrected chi connectivity index (χ4v) is 4.73. The number of carboxylic acids is 1. The normalized spacial score (nSPS) is 13.7. The van der Waals surface area contributed by atoms with Crippen LogP contribution in [-0.4, -0.2) is 80.6 Å². The number of carbonyl (C=O) groups is 3. The van der Waals surface area contributed by atoms with E-state index >= 15 is 0 Å². The first-order valence-electron chi connectivity index (χ1n) is 17.7. The number of nitrogens with zero attached hydrogens (tertiary/aromatic N) is 1. The summed E-state index contributed by atoms with van der Waals surface area (Å²) in [5, 5.41) is 9.54. The van der Waals surface area contributed by atoms with Crippen molar-refractivity contribution in [1.29, 1.82) is 0 Å². The number of allylic oxidation sites excluding steroid dienone is 8. The van der Waals surface area contributed by atoms with Gasteiger partial charge in [-0.25, -0.2) is 4.79 Å². The molecule has 1 N–H and O–H groups in total. The molecule has 2 unspecified atom stereocenters. The average molecular weight is 649 g/mol. The maximum atomic E-state index is 12.5. The van der Waals surface area contributed by atoms with Gasteiger partial charge in [-0.1, -0.05) is 101 Å². The summed E-state index contributed by atoms with van der Waals surface area (Å²) in [6, 6.07) is -0.623. The molecule has 0 aliphatic rings. The molecule has 8 heteroatoms. The summed E-state index contributed by atoms with van der Waals surface area (Å²) in [4.78, 5) is 36.5. The molecule has 0 bridgehead atoms. The third kappa shape index (κ3) is 27.6. The molecule has 0 heterocycles. The highest BCUT2D eigenvalue weighted by atomic mass is 16.6. The highest BCUT2D eigenvalue weighted by molar-refractivity contribution is 5.72. The Morgan fingerprint density at radius 2 is 1.33 bits per heavy atom. The molecule has 46 heavy (non-hydrogen) atoms. The number of aliphatic carboxylic acids is 1. The molecular weight excluding hydrogens is 582 g/mol. The number of carboxylic acid groups (broad SMARTS) is 1. The minimum atomic E-state index is -0.889. The number of rotatable bonds is 30. The fraction of sp³-hybridized carbons (Fsp3) is 0.711. The largest absolute Gasteiger partial charge is 0.477 e. The number of hydrogen-bond acceptors (Lipinski definition) is 6. The fourth-order valence-electron chi connectivity index (χ4n) is 4.73. The lowest BCUT2D eigenvalue weighted by atomic mass is 10.1. The Balaban J connectivity index is 4.44. The zero-order valence-electron chi connectivity index (χ0n) is 29.8. The van der Waals surface area contributed by atoms with Crippen LogP contribution in [0.15, 0.2) is 48.6 Å². The predicted molar refractivity (Wildman–Crippen MR) is 188 cm³/mol. The summed E-state index contributed by atoms with van der Waals surface area (Å²) < 4.78 is 17.0. The average Bonchev–Trinajstić information content (AvgIpc) is 3.00. The standard InChI is InChI=1S/C38H65NO7/c1-6-8-10-12-14-15-16-17-18-19-20-21-23-24-26-28-36(40)45-33-34(32-44-31-30-35(38(42)43)39(3,4)5)46-37(41)29-27-25-22-13-11-9-7-2/h9,11,14-17,22,25,34-35H,6-8,10,12-13,18-21,23-24,26-33H2,1-5H3/p+1/b11-9+,15-14+,17-16+,25-22+. The third-order valence-electron chi connectivity index (χ3n) is 7.50. The van der Waals surface area contributed by atoms with Crippen molar-refractivity contribution in [3.8, 4) is 0 Å². The SMILES string of the molecule is CC/C=C/C/C=C/CCC(=O)OC(COCCC(C(=O)O)[N+](C)(C)C)COC(=O)CCCCCCCC/C=C/C=C/CCCCC. The molecule has 2 atom stereocenters. The topological polar surface area (TPSA) is 99.1 Å². The lowest BCUT2D eigenvalue weighted by Crippen LogP contribution is -2.50. The quantitative estimate of drug-likeness (QED) is 0.0274. The molecule has 0 spiro atoms. The van der Waals surface area contributed by atoms with Crippen LogP contribution in [0.2, 0.25) is 0 Å². The van der Waals surface area contributed by atoms with Crippen molar-refractivity contribution >= 4 is 17.9 Å². The van der Waals surface area contributed by atoms with Crippen LogP contribution in [0.3, 0.4) is 0 Å². The zero-order chi connectivity index (χ0) is 34.3. The van der Waals surface area contributed by atoms with Crippen LogP contribution in [0, 0.1) is 0 Å². The van der Waals surface area contributed by atoms with Gasteiger partial charge >= 0.3 is 17.9 Å². The molecule has 0 aromatic heterocycles. The molecule has 264 valence electrons. The zero-order valence-corrected chi connectivity index (χ0v) is 29.8. The number of unbranched alkanes of at least 4 members (excludes halogenated alkanes) is 9. The van der Waals surface area contributed by atoms with Gasteiger partial charge in [-0.3, -0.25) is 9.59 Å². The van der Waals surface area contributed by atoms with Gasteiger partial charge in [0.1, 0.15) is 6.61 Å². The Labute approximate surface area is 280 Å². The van der Waals surface area contributed by atoms with E-state index in [4.69, 9.17) is 14.2 Å². The number of quaternary nitrogens is 1. The van der Waals surface area contributed by atoms with Gasteiger partial charge in [0.15, 0.2) is 12.1 Å². The Morgan fingerprint density at radius 3 is 1.96 bits per heavy atom. The highest BCUT2D eigenvalue weighted by Crippen LogP contribution is 2.12. The number of carbonyl (C=O) groups excluding carboxylic acids is 2. The molecule has 0 radical (unpaired) electrons. The lowest BCUT2D eigenvalue weighted by Gasteiger charge is -2.31. The van der Waals surface area contributed by atoms with Gasteiger partial charge in [0.2, 0.25) is 0 Å². The first kappa shape index (κ1) is 43.3. The van der Waals surface area contributed by atoms with E-state index in [2.05, 4.69) is 50.3 Å². The van der Waals surface area contributed by atoms with E-state index < -0.39 is 18.1 Å². The maximum absolute atomic E-state index is 12.5. The molecule has 0 aromatic carbocycles. The van der Waals surface area contributed by atoms with Crippen LogP contribution in [-0.2, 0) is 28.6 Å². The van der Waals surface area contributed by atoms with Gasteiger partial charge in [0.05, 0.1) is 34.4 Å². The Bertz CT molecular complexity index is 901. The van der Waals surface area contributed by atoms with E-state index in [-0.39, 0.29) is 42.7 Å². The smallest absolute Gasteiger partial charge is 0.362 e. The summed E-state index contributed by atoms with van der Waals surface area (Å²) in [6.07, 6.45) is 31.9. The Kier molecular flexibility index (Phi) is 27.9. The highest BCUT2D eigenvalue weighted by Gasteiger charge is 2.31. The molecule has 8 nitrogen and oxygen atoms in total. The number of esters is 2. The second-order valence-corrected chi connectivity index (χ2v) is 12.8. The van der Waals surface area contributed by atoms with Crippen molar-refractivity contribution < 1.29 is 38.2 Å². The van der Waals surface area contributed by atoms with Gasteiger partial charge < -0.3 is 23.8 Å². The molecule has 0 saturated carbocycles. The molecule has 0 aromatic rings. The monoisotopic (exact) mass is 648 g/mol. The van der Waals surface area contributed by atoms with Crippen molar-refractivity contribution in [2.24, 2.45) is 0 Å². The molecule has 0 aliphatic carbocycles.